The summed E-state index contributed by atoms with van der Waals surface area (Å²) >= 11 is 0. The molecule has 0 bridgehead atoms. The molecule has 0 fully saturated rings. The van der Waals surface area contributed by atoms with Crippen molar-refractivity contribution in [2.45, 2.75) is 13.1 Å². The van der Waals surface area contributed by atoms with E-state index in [0.29, 0.717) is 0 Å². The van der Waals surface area contributed by atoms with Crippen LogP contribution in [-0.4, -0.2) is 19.7 Å². The summed E-state index contributed by atoms with van der Waals surface area (Å²) in [6, 6.07) is 8.01. The molecular weight excluding hydrogens is 164 g/mol. The molecule has 0 atom stereocenters. The molecule has 0 aliphatic heterocycles. The molecule has 0 aliphatic carbocycles. The van der Waals surface area contributed by atoms with Gasteiger partial charge in [-0.3, -0.25) is 5.10 Å². The van der Waals surface area contributed by atoms with Crippen LogP contribution >= 0.6 is 0 Å². The van der Waals surface area contributed by atoms with Crippen LogP contribution in [0.15, 0.2) is 30.5 Å². The standard InChI is InChI=1S/C7H6N2.C2H6Si/c1-2-4-7-6(3-1)5-8-9-7;1-3-2/h1-5H,(H,8,9);1-2H3. The molecule has 2 radical (unpaired) electrons. The molecule has 0 unspecified atom stereocenters. The number of fused-ring (bicyclic) bond motifs is 1. The normalized spacial score (nSPS) is 9.17. The Bertz CT molecular complexity index is 300. The van der Waals surface area contributed by atoms with E-state index >= 15 is 0 Å². The lowest BCUT2D eigenvalue weighted by atomic mass is 10.3. The topological polar surface area (TPSA) is 28.7 Å². The number of hydrogen-bond donors (Lipinski definition) is 1. The molecule has 3 heteroatoms. The highest BCUT2D eigenvalue weighted by atomic mass is 28.2. The van der Waals surface area contributed by atoms with E-state index in [-0.39, 0.29) is 0 Å². The predicted molar refractivity (Wildman–Crippen MR) is 53.6 cm³/mol. The van der Waals surface area contributed by atoms with Gasteiger partial charge in [0.05, 0.1) is 11.7 Å². The summed E-state index contributed by atoms with van der Waals surface area (Å²) in [7, 11) is 1.08. The molecule has 1 aromatic heterocycles. The largest absolute Gasteiger partial charge is 0.278 e. The van der Waals surface area contributed by atoms with Crippen molar-refractivity contribution in [3.63, 3.8) is 0 Å². The van der Waals surface area contributed by atoms with Gasteiger partial charge in [-0.25, -0.2) is 0 Å². The van der Waals surface area contributed by atoms with Gasteiger partial charge >= 0.3 is 0 Å². The van der Waals surface area contributed by atoms with Crippen molar-refractivity contribution in [2.75, 3.05) is 0 Å². The van der Waals surface area contributed by atoms with Crippen molar-refractivity contribution in [3.05, 3.63) is 30.5 Å². The average molecular weight is 176 g/mol. The second-order valence-corrected chi connectivity index (χ2v) is 3.46. The van der Waals surface area contributed by atoms with Crippen molar-refractivity contribution in [2.24, 2.45) is 0 Å². The van der Waals surface area contributed by atoms with Gasteiger partial charge in [0.1, 0.15) is 0 Å². The van der Waals surface area contributed by atoms with Gasteiger partial charge in [0.15, 0.2) is 0 Å². The Morgan fingerprint density at radius 3 is 2.58 bits per heavy atom. The Morgan fingerprint density at radius 1 is 1.25 bits per heavy atom. The van der Waals surface area contributed by atoms with E-state index < -0.39 is 0 Å². The number of benzene rings is 1. The van der Waals surface area contributed by atoms with Crippen LogP contribution in [0.3, 0.4) is 0 Å². The summed E-state index contributed by atoms with van der Waals surface area (Å²) in [6.45, 7) is 4.31. The van der Waals surface area contributed by atoms with Crippen LogP contribution in [0.4, 0.5) is 0 Å². The third-order valence-electron chi connectivity index (χ3n) is 1.35. The Balaban J connectivity index is 0.000000213. The average Bonchev–Trinajstić information content (AvgIpc) is 2.52. The maximum absolute atomic E-state index is 3.88. The molecule has 0 amide bonds. The smallest absolute Gasteiger partial charge is 0.0650 e. The van der Waals surface area contributed by atoms with Gasteiger partial charge in [-0.2, -0.15) is 5.10 Å². The van der Waals surface area contributed by atoms with Crippen LogP contribution in [0.2, 0.25) is 13.1 Å². The number of aromatic amines is 1. The molecule has 0 saturated carbocycles. The summed E-state index contributed by atoms with van der Waals surface area (Å²) in [4.78, 5) is 0. The van der Waals surface area contributed by atoms with E-state index in [1.807, 2.05) is 30.5 Å². The lowest BCUT2D eigenvalue weighted by molar-refractivity contribution is 1.12. The third-order valence-corrected chi connectivity index (χ3v) is 1.35. The summed E-state index contributed by atoms with van der Waals surface area (Å²) in [5.41, 5.74) is 1.09. The summed E-state index contributed by atoms with van der Waals surface area (Å²) in [5, 5.41) is 7.91. The van der Waals surface area contributed by atoms with Gasteiger partial charge in [0.25, 0.3) is 0 Å². The first-order chi connectivity index (χ1) is 5.88. The van der Waals surface area contributed by atoms with Crippen LogP contribution in [0, 0.1) is 0 Å². The highest BCUT2D eigenvalue weighted by molar-refractivity contribution is 6.31. The first kappa shape index (κ1) is 9.00. The van der Waals surface area contributed by atoms with Crippen molar-refractivity contribution in [1.29, 1.82) is 0 Å². The quantitative estimate of drug-likeness (QED) is 0.613. The molecule has 0 saturated heterocycles. The molecule has 2 nitrogen and oxygen atoms in total. The van der Waals surface area contributed by atoms with Crippen LogP contribution in [0.1, 0.15) is 0 Å². The van der Waals surface area contributed by atoms with Crippen LogP contribution in [-0.2, 0) is 0 Å². The Hall–Kier alpha value is -1.09. The van der Waals surface area contributed by atoms with E-state index in [4.69, 9.17) is 0 Å². The number of rotatable bonds is 0. The molecule has 2 rings (SSSR count). The van der Waals surface area contributed by atoms with Gasteiger partial charge in [-0.05, 0) is 6.07 Å². The van der Waals surface area contributed by atoms with E-state index in [0.717, 1.165) is 20.4 Å². The van der Waals surface area contributed by atoms with E-state index in [2.05, 4.69) is 23.3 Å². The highest BCUT2D eigenvalue weighted by Crippen LogP contribution is 2.06. The number of para-hydroxylation sites is 1. The zero-order valence-electron chi connectivity index (χ0n) is 7.33. The molecule has 1 N–H and O–H groups in total. The maximum Gasteiger partial charge on any atom is 0.0650 e. The van der Waals surface area contributed by atoms with Crippen molar-refractivity contribution in [1.82, 2.24) is 10.2 Å². The molecule has 1 aromatic carbocycles. The highest BCUT2D eigenvalue weighted by Gasteiger charge is 1.88. The molecule has 12 heavy (non-hydrogen) atoms. The molecule has 2 aromatic rings. The number of nitrogens with zero attached hydrogens (tertiary/aromatic N) is 1. The van der Waals surface area contributed by atoms with Gasteiger partial charge in [-0.1, -0.05) is 31.3 Å². The second-order valence-electron chi connectivity index (χ2n) is 2.46. The fourth-order valence-electron chi connectivity index (χ4n) is 0.883. The number of nitrogens with one attached hydrogen (secondary N) is 1. The first-order valence-electron chi connectivity index (χ1n) is 3.85. The summed E-state index contributed by atoms with van der Waals surface area (Å²) in [5.74, 6) is 0. The van der Waals surface area contributed by atoms with E-state index in [1.54, 1.807) is 0 Å². The molecule has 0 spiro atoms. The molecule has 1 heterocycles. The monoisotopic (exact) mass is 176 g/mol. The number of hydrogen-bond acceptors (Lipinski definition) is 1. The van der Waals surface area contributed by atoms with Gasteiger partial charge in [0, 0.05) is 14.9 Å². The second kappa shape index (κ2) is 4.72. The minimum atomic E-state index is 1.08. The Kier molecular flexibility index (Phi) is 3.54. The van der Waals surface area contributed by atoms with Gasteiger partial charge in [0.2, 0.25) is 0 Å². The molecular formula is C9H12N2Si. The minimum Gasteiger partial charge on any atom is -0.278 e. The summed E-state index contributed by atoms with van der Waals surface area (Å²) < 4.78 is 0. The van der Waals surface area contributed by atoms with E-state index in [1.165, 1.54) is 0 Å². The van der Waals surface area contributed by atoms with Crippen molar-refractivity contribution >= 4 is 20.4 Å². The lowest BCUT2D eigenvalue weighted by Gasteiger charge is -1.81. The molecule has 0 aliphatic rings. The van der Waals surface area contributed by atoms with Crippen LogP contribution in [0.5, 0.6) is 0 Å². The number of H-pyrrole nitrogens is 1. The predicted octanol–water partition coefficient (Wildman–Crippen LogP) is 2.35. The fourth-order valence-corrected chi connectivity index (χ4v) is 0.883. The molecule has 62 valence electrons. The zero-order valence-corrected chi connectivity index (χ0v) is 8.33. The fraction of sp³-hybridized carbons (Fsp3) is 0.222. The Morgan fingerprint density at radius 2 is 1.92 bits per heavy atom. The SMILES string of the molecule is C[Si]C.c1ccc2[nH]ncc2c1. The van der Waals surface area contributed by atoms with Gasteiger partial charge < -0.3 is 0 Å². The van der Waals surface area contributed by atoms with Crippen molar-refractivity contribution < 1.29 is 0 Å². The zero-order chi connectivity index (χ0) is 8.81. The van der Waals surface area contributed by atoms with Crippen molar-refractivity contribution in [3.8, 4) is 0 Å². The number of aromatic nitrogens is 2. The van der Waals surface area contributed by atoms with E-state index in [9.17, 15) is 0 Å². The first-order valence-corrected chi connectivity index (χ1v) is 5.85. The van der Waals surface area contributed by atoms with Crippen LogP contribution < -0.4 is 0 Å². The Labute approximate surface area is 74.8 Å². The third kappa shape index (κ3) is 2.20. The van der Waals surface area contributed by atoms with Crippen LogP contribution in [0.25, 0.3) is 10.9 Å². The maximum atomic E-state index is 3.88. The van der Waals surface area contributed by atoms with Gasteiger partial charge in [-0.15, -0.1) is 0 Å². The minimum absolute atomic E-state index is 1.08. The summed E-state index contributed by atoms with van der Waals surface area (Å²) in [6.07, 6.45) is 1.81. The lowest BCUT2D eigenvalue weighted by Crippen LogP contribution is -1.63.